The third-order valence-corrected chi connectivity index (χ3v) is 4.78. The second kappa shape index (κ2) is 8.32. The molecule has 0 radical (unpaired) electrons. The van der Waals surface area contributed by atoms with E-state index in [1.54, 1.807) is 40.1 Å². The first-order chi connectivity index (χ1) is 12.5. The Morgan fingerprint density at radius 1 is 0.962 bits per heavy atom. The predicted molar refractivity (Wildman–Crippen MR) is 98.7 cm³/mol. The van der Waals surface area contributed by atoms with Gasteiger partial charge in [0.25, 0.3) is 5.91 Å². The number of benzene rings is 2. The molecule has 1 heterocycles. The fraction of sp³-hybridized carbons (Fsp3) is 0.300. The van der Waals surface area contributed by atoms with Crippen LogP contribution in [0.15, 0.2) is 48.5 Å². The maximum absolute atomic E-state index is 13.2. The molecule has 4 nitrogen and oxygen atoms in total. The molecule has 0 N–H and O–H groups in total. The van der Waals surface area contributed by atoms with Crippen LogP contribution in [-0.2, 0) is 11.2 Å². The minimum atomic E-state index is -0.288. The molecule has 0 aromatic heterocycles. The molecule has 2 aromatic carbocycles. The molecule has 0 unspecified atom stereocenters. The molecule has 1 saturated heterocycles. The smallest absolute Gasteiger partial charge is 0.253 e. The van der Waals surface area contributed by atoms with Crippen LogP contribution >= 0.6 is 11.6 Å². The number of piperazine rings is 1. The number of carbonyl (C=O) groups excluding carboxylic acids is 2. The van der Waals surface area contributed by atoms with Crippen LogP contribution in [0.1, 0.15) is 22.3 Å². The van der Waals surface area contributed by atoms with Gasteiger partial charge in [0.05, 0.1) is 0 Å². The largest absolute Gasteiger partial charge is 0.339 e. The lowest BCUT2D eigenvalue weighted by molar-refractivity contribution is -0.132. The SMILES string of the molecule is O=C(CCc1cccc(F)c1)N1CCN(C(=O)c2ccc(Cl)cc2)CC1. The van der Waals surface area contributed by atoms with Gasteiger partial charge in [-0.05, 0) is 48.4 Å². The van der Waals surface area contributed by atoms with Crippen LogP contribution in [0.25, 0.3) is 0 Å². The molecule has 0 spiro atoms. The first kappa shape index (κ1) is 18.4. The van der Waals surface area contributed by atoms with Crippen molar-refractivity contribution < 1.29 is 14.0 Å². The van der Waals surface area contributed by atoms with Crippen molar-refractivity contribution in [1.29, 1.82) is 0 Å². The molecule has 0 bridgehead atoms. The summed E-state index contributed by atoms with van der Waals surface area (Å²) in [5.41, 5.74) is 1.41. The van der Waals surface area contributed by atoms with Crippen LogP contribution in [0.2, 0.25) is 5.02 Å². The van der Waals surface area contributed by atoms with Gasteiger partial charge in [-0.2, -0.15) is 0 Å². The molecule has 6 heteroatoms. The van der Waals surface area contributed by atoms with Crippen molar-refractivity contribution in [2.75, 3.05) is 26.2 Å². The summed E-state index contributed by atoms with van der Waals surface area (Å²) in [7, 11) is 0. The molecule has 0 atom stereocenters. The molecule has 1 aliphatic rings. The zero-order valence-electron chi connectivity index (χ0n) is 14.3. The van der Waals surface area contributed by atoms with E-state index in [1.165, 1.54) is 12.1 Å². The Balaban J connectivity index is 1.49. The summed E-state index contributed by atoms with van der Waals surface area (Å²) in [5.74, 6) is -0.300. The fourth-order valence-electron chi connectivity index (χ4n) is 3.04. The summed E-state index contributed by atoms with van der Waals surface area (Å²) in [6.07, 6.45) is 0.856. The molecular weight excluding hydrogens is 355 g/mol. The van der Waals surface area contributed by atoms with E-state index in [-0.39, 0.29) is 17.6 Å². The highest BCUT2D eigenvalue weighted by molar-refractivity contribution is 6.30. The number of aryl methyl sites for hydroxylation is 1. The summed E-state index contributed by atoms with van der Waals surface area (Å²) >= 11 is 5.85. The average Bonchev–Trinajstić information content (AvgIpc) is 2.66. The van der Waals surface area contributed by atoms with Gasteiger partial charge in [0.2, 0.25) is 5.91 Å². The maximum Gasteiger partial charge on any atom is 0.253 e. The van der Waals surface area contributed by atoms with E-state index in [0.717, 1.165) is 5.56 Å². The quantitative estimate of drug-likeness (QED) is 0.823. The van der Waals surface area contributed by atoms with Crippen LogP contribution in [0.3, 0.4) is 0 Å². The number of hydrogen-bond acceptors (Lipinski definition) is 2. The summed E-state index contributed by atoms with van der Waals surface area (Å²) in [4.78, 5) is 28.3. The molecule has 2 aromatic rings. The first-order valence-corrected chi connectivity index (χ1v) is 8.98. The van der Waals surface area contributed by atoms with Crippen molar-refractivity contribution in [3.05, 3.63) is 70.5 Å². The number of halogens is 2. The van der Waals surface area contributed by atoms with Gasteiger partial charge in [0.15, 0.2) is 0 Å². The van der Waals surface area contributed by atoms with Crippen LogP contribution in [-0.4, -0.2) is 47.8 Å². The van der Waals surface area contributed by atoms with Gasteiger partial charge < -0.3 is 9.80 Å². The fourth-order valence-corrected chi connectivity index (χ4v) is 3.16. The Kier molecular flexibility index (Phi) is 5.89. The highest BCUT2D eigenvalue weighted by atomic mass is 35.5. The van der Waals surface area contributed by atoms with E-state index in [0.29, 0.717) is 49.6 Å². The predicted octanol–water partition coefficient (Wildman–Crippen LogP) is 3.40. The summed E-state index contributed by atoms with van der Waals surface area (Å²) in [6.45, 7) is 2.04. The third kappa shape index (κ3) is 4.61. The van der Waals surface area contributed by atoms with E-state index in [1.807, 2.05) is 6.07 Å². The first-order valence-electron chi connectivity index (χ1n) is 8.60. The number of carbonyl (C=O) groups is 2. The van der Waals surface area contributed by atoms with E-state index in [9.17, 15) is 14.0 Å². The van der Waals surface area contributed by atoms with Gasteiger partial charge in [-0.3, -0.25) is 9.59 Å². The van der Waals surface area contributed by atoms with E-state index < -0.39 is 0 Å². The van der Waals surface area contributed by atoms with Crippen molar-refractivity contribution >= 4 is 23.4 Å². The monoisotopic (exact) mass is 374 g/mol. The maximum atomic E-state index is 13.2. The molecule has 0 aliphatic carbocycles. The van der Waals surface area contributed by atoms with Crippen LogP contribution in [0, 0.1) is 5.82 Å². The Labute approximate surface area is 157 Å². The lowest BCUT2D eigenvalue weighted by Gasteiger charge is -2.35. The molecular formula is C20H20ClFN2O2. The minimum Gasteiger partial charge on any atom is -0.339 e. The van der Waals surface area contributed by atoms with Crippen LogP contribution < -0.4 is 0 Å². The van der Waals surface area contributed by atoms with Crippen LogP contribution in [0.5, 0.6) is 0 Å². The van der Waals surface area contributed by atoms with Crippen molar-refractivity contribution in [3.63, 3.8) is 0 Å². The summed E-state index contributed by atoms with van der Waals surface area (Å²) < 4.78 is 13.2. The Hall–Kier alpha value is -2.40. The van der Waals surface area contributed by atoms with Gasteiger partial charge >= 0.3 is 0 Å². The number of amides is 2. The number of hydrogen-bond donors (Lipinski definition) is 0. The Morgan fingerprint density at radius 3 is 2.27 bits per heavy atom. The molecule has 3 rings (SSSR count). The number of rotatable bonds is 4. The molecule has 2 amide bonds. The topological polar surface area (TPSA) is 40.6 Å². The standard InChI is InChI=1S/C20H20ClFN2O2/c21-17-7-5-16(6-8-17)20(26)24-12-10-23(11-13-24)19(25)9-4-15-2-1-3-18(22)14-15/h1-3,5-8,14H,4,9-13H2. The summed E-state index contributed by atoms with van der Waals surface area (Å²) in [6, 6.07) is 13.1. The summed E-state index contributed by atoms with van der Waals surface area (Å²) in [5, 5.41) is 0.593. The molecule has 1 aliphatic heterocycles. The number of nitrogens with zero attached hydrogens (tertiary/aromatic N) is 2. The van der Waals surface area contributed by atoms with Gasteiger partial charge in [0, 0.05) is 43.2 Å². The lowest BCUT2D eigenvalue weighted by atomic mass is 10.1. The van der Waals surface area contributed by atoms with Crippen molar-refractivity contribution in [1.82, 2.24) is 9.80 Å². The molecule has 1 fully saturated rings. The van der Waals surface area contributed by atoms with Gasteiger partial charge in [-0.15, -0.1) is 0 Å². The van der Waals surface area contributed by atoms with Crippen molar-refractivity contribution in [3.8, 4) is 0 Å². The van der Waals surface area contributed by atoms with Crippen LogP contribution in [0.4, 0.5) is 4.39 Å². The third-order valence-electron chi connectivity index (χ3n) is 4.53. The van der Waals surface area contributed by atoms with Gasteiger partial charge in [0.1, 0.15) is 5.82 Å². The second-order valence-corrected chi connectivity index (χ2v) is 6.75. The zero-order valence-corrected chi connectivity index (χ0v) is 15.1. The lowest BCUT2D eigenvalue weighted by Crippen LogP contribution is -2.50. The Morgan fingerprint density at radius 2 is 1.62 bits per heavy atom. The molecule has 136 valence electrons. The molecule has 0 saturated carbocycles. The normalized spacial score (nSPS) is 14.4. The highest BCUT2D eigenvalue weighted by Gasteiger charge is 2.24. The average molecular weight is 375 g/mol. The second-order valence-electron chi connectivity index (χ2n) is 6.31. The van der Waals surface area contributed by atoms with E-state index in [4.69, 9.17) is 11.6 Å². The molecule has 26 heavy (non-hydrogen) atoms. The zero-order chi connectivity index (χ0) is 18.5. The van der Waals surface area contributed by atoms with Gasteiger partial charge in [-0.1, -0.05) is 23.7 Å². The van der Waals surface area contributed by atoms with E-state index in [2.05, 4.69) is 0 Å². The van der Waals surface area contributed by atoms with Crippen molar-refractivity contribution in [2.24, 2.45) is 0 Å². The minimum absolute atomic E-state index is 0.0350. The Bertz CT molecular complexity index is 787. The van der Waals surface area contributed by atoms with E-state index >= 15 is 0 Å². The van der Waals surface area contributed by atoms with Crippen molar-refractivity contribution in [2.45, 2.75) is 12.8 Å². The highest BCUT2D eigenvalue weighted by Crippen LogP contribution is 2.14. The van der Waals surface area contributed by atoms with Gasteiger partial charge in [-0.25, -0.2) is 4.39 Å².